The molecule has 2 aromatic carbocycles. The molecular formula is C20H17F2N5OS. The molecule has 9 heteroatoms. The number of fused-ring (bicyclic) bond motifs is 3. The van der Waals surface area contributed by atoms with Crippen molar-refractivity contribution in [2.75, 3.05) is 11.1 Å². The maximum atomic E-state index is 13.7. The summed E-state index contributed by atoms with van der Waals surface area (Å²) in [5.74, 6) is -1.02. The molecule has 0 aliphatic heterocycles. The Labute approximate surface area is 169 Å². The predicted octanol–water partition coefficient (Wildman–Crippen LogP) is 4.41. The molecule has 0 atom stereocenters. The summed E-state index contributed by atoms with van der Waals surface area (Å²) in [6, 6.07) is 10.6. The topological polar surface area (TPSA) is 72.2 Å². The molecule has 6 nitrogen and oxygen atoms in total. The van der Waals surface area contributed by atoms with Gasteiger partial charge in [0.2, 0.25) is 5.91 Å². The number of carbonyl (C=O) groups excluding carboxylic acids is 1. The lowest BCUT2D eigenvalue weighted by Crippen LogP contribution is -2.15. The minimum Gasteiger partial charge on any atom is -0.323 e. The smallest absolute Gasteiger partial charge is 0.234 e. The second kappa shape index (κ2) is 7.75. The van der Waals surface area contributed by atoms with Crippen LogP contribution < -0.4 is 5.32 Å². The number of aromatic nitrogens is 4. The van der Waals surface area contributed by atoms with Gasteiger partial charge in [0.05, 0.1) is 22.5 Å². The van der Waals surface area contributed by atoms with Crippen LogP contribution in [0.1, 0.15) is 25.6 Å². The number of halogens is 2. The van der Waals surface area contributed by atoms with Crippen LogP contribution in [0.15, 0.2) is 47.5 Å². The number of anilines is 1. The molecule has 0 radical (unpaired) electrons. The number of carbonyl (C=O) groups is 1. The zero-order valence-corrected chi connectivity index (χ0v) is 16.5. The van der Waals surface area contributed by atoms with E-state index in [9.17, 15) is 13.6 Å². The van der Waals surface area contributed by atoms with Crippen molar-refractivity contribution in [3.05, 3.63) is 59.9 Å². The van der Waals surface area contributed by atoms with Gasteiger partial charge in [0.15, 0.2) is 5.65 Å². The Balaban J connectivity index is 1.63. The second-order valence-corrected chi connectivity index (χ2v) is 7.70. The van der Waals surface area contributed by atoms with Crippen LogP contribution >= 0.6 is 11.8 Å². The molecule has 0 saturated carbocycles. The Kier molecular flexibility index (Phi) is 5.14. The number of amides is 1. The summed E-state index contributed by atoms with van der Waals surface area (Å²) in [6.07, 6.45) is 0. The summed E-state index contributed by atoms with van der Waals surface area (Å²) >= 11 is 1.18. The molecule has 4 aromatic rings. The van der Waals surface area contributed by atoms with E-state index >= 15 is 0 Å². The molecule has 0 fully saturated rings. The van der Waals surface area contributed by atoms with Crippen molar-refractivity contribution in [2.45, 2.75) is 24.8 Å². The quantitative estimate of drug-likeness (QED) is 0.491. The van der Waals surface area contributed by atoms with Crippen molar-refractivity contribution in [1.29, 1.82) is 0 Å². The first-order valence-corrected chi connectivity index (χ1v) is 9.94. The van der Waals surface area contributed by atoms with Crippen molar-refractivity contribution in [3.63, 3.8) is 0 Å². The van der Waals surface area contributed by atoms with Gasteiger partial charge in [-0.05, 0) is 24.3 Å². The summed E-state index contributed by atoms with van der Waals surface area (Å²) in [5, 5.41) is 11.6. The van der Waals surface area contributed by atoms with Gasteiger partial charge in [-0.2, -0.15) is 0 Å². The van der Waals surface area contributed by atoms with Crippen molar-refractivity contribution in [3.8, 4) is 0 Å². The number of hydrogen-bond donors (Lipinski definition) is 1. The lowest BCUT2D eigenvalue weighted by molar-refractivity contribution is -0.113. The van der Waals surface area contributed by atoms with Crippen molar-refractivity contribution in [1.82, 2.24) is 19.6 Å². The van der Waals surface area contributed by atoms with Gasteiger partial charge in [-0.3, -0.25) is 9.20 Å². The number of benzene rings is 2. The summed E-state index contributed by atoms with van der Waals surface area (Å²) in [6.45, 7) is 4.06. The molecule has 1 N–H and O–H groups in total. The Morgan fingerprint density at radius 1 is 1.17 bits per heavy atom. The van der Waals surface area contributed by atoms with E-state index in [2.05, 4.69) is 20.5 Å². The number of rotatable bonds is 5. The third-order valence-electron chi connectivity index (χ3n) is 4.29. The van der Waals surface area contributed by atoms with Gasteiger partial charge in [-0.15, -0.1) is 10.2 Å². The fourth-order valence-electron chi connectivity index (χ4n) is 2.96. The second-order valence-electron chi connectivity index (χ2n) is 6.74. The molecule has 0 bridgehead atoms. The molecule has 0 unspecified atom stereocenters. The standard InChI is InChI=1S/C20H17F2N5OS/c1-11(2)18-25-26-19-20(24-15-5-3-4-6-16(15)27(18)19)29-10-17(28)23-14-8-7-12(21)9-13(14)22/h3-9,11H,10H2,1-2H3,(H,23,28). The predicted molar refractivity (Wildman–Crippen MR) is 108 cm³/mol. The number of hydrogen-bond acceptors (Lipinski definition) is 5. The molecule has 0 aliphatic rings. The van der Waals surface area contributed by atoms with Gasteiger partial charge in [0, 0.05) is 12.0 Å². The van der Waals surface area contributed by atoms with Crippen LogP contribution in [-0.4, -0.2) is 31.2 Å². The third kappa shape index (κ3) is 3.77. The number of thioether (sulfide) groups is 1. The van der Waals surface area contributed by atoms with E-state index in [0.29, 0.717) is 10.7 Å². The van der Waals surface area contributed by atoms with E-state index < -0.39 is 17.5 Å². The van der Waals surface area contributed by atoms with Crippen molar-refractivity contribution < 1.29 is 13.6 Å². The lowest BCUT2D eigenvalue weighted by Gasteiger charge is -2.10. The zero-order chi connectivity index (χ0) is 20.5. The highest BCUT2D eigenvalue weighted by atomic mass is 32.2. The van der Waals surface area contributed by atoms with E-state index in [1.807, 2.05) is 42.5 Å². The molecule has 0 aliphatic carbocycles. The average Bonchev–Trinajstić information content (AvgIpc) is 3.14. The Morgan fingerprint density at radius 3 is 2.72 bits per heavy atom. The largest absolute Gasteiger partial charge is 0.323 e. The number of para-hydroxylation sites is 2. The fraction of sp³-hybridized carbons (Fsp3) is 0.200. The van der Waals surface area contributed by atoms with Crippen LogP contribution in [0.2, 0.25) is 0 Å². The maximum absolute atomic E-state index is 13.7. The van der Waals surface area contributed by atoms with Crippen LogP contribution in [0.4, 0.5) is 14.5 Å². The molecule has 2 heterocycles. The SMILES string of the molecule is CC(C)c1nnc2c(SCC(=O)Nc3ccc(F)cc3F)nc3ccccc3n12. The summed E-state index contributed by atoms with van der Waals surface area (Å²) in [7, 11) is 0. The van der Waals surface area contributed by atoms with Crippen LogP contribution in [-0.2, 0) is 4.79 Å². The Hall–Kier alpha value is -3.07. The first-order chi connectivity index (χ1) is 13.9. The van der Waals surface area contributed by atoms with Crippen LogP contribution in [0.3, 0.4) is 0 Å². The van der Waals surface area contributed by atoms with Gasteiger partial charge in [0.25, 0.3) is 0 Å². The first kappa shape index (κ1) is 19.3. The molecular weight excluding hydrogens is 396 g/mol. The van der Waals surface area contributed by atoms with E-state index in [-0.39, 0.29) is 17.4 Å². The molecule has 0 spiro atoms. The van der Waals surface area contributed by atoms with Gasteiger partial charge in [-0.1, -0.05) is 37.7 Å². The highest BCUT2D eigenvalue weighted by molar-refractivity contribution is 8.00. The van der Waals surface area contributed by atoms with Gasteiger partial charge in [-0.25, -0.2) is 13.8 Å². The van der Waals surface area contributed by atoms with Gasteiger partial charge in [0.1, 0.15) is 22.5 Å². The van der Waals surface area contributed by atoms with Crippen LogP contribution in [0.5, 0.6) is 0 Å². The van der Waals surface area contributed by atoms with Crippen molar-refractivity contribution in [2.24, 2.45) is 0 Å². The number of nitrogens with one attached hydrogen (secondary N) is 1. The Morgan fingerprint density at radius 2 is 1.97 bits per heavy atom. The van der Waals surface area contributed by atoms with E-state index in [1.165, 1.54) is 17.8 Å². The van der Waals surface area contributed by atoms with Crippen LogP contribution in [0, 0.1) is 11.6 Å². The van der Waals surface area contributed by atoms with E-state index in [0.717, 1.165) is 29.0 Å². The van der Waals surface area contributed by atoms with Gasteiger partial charge < -0.3 is 5.32 Å². The summed E-state index contributed by atoms with van der Waals surface area (Å²) in [4.78, 5) is 16.9. The zero-order valence-electron chi connectivity index (χ0n) is 15.7. The monoisotopic (exact) mass is 413 g/mol. The van der Waals surface area contributed by atoms with Crippen LogP contribution in [0.25, 0.3) is 16.7 Å². The maximum Gasteiger partial charge on any atom is 0.234 e. The highest BCUT2D eigenvalue weighted by Crippen LogP contribution is 2.28. The van der Waals surface area contributed by atoms with E-state index in [1.54, 1.807) is 0 Å². The van der Waals surface area contributed by atoms with E-state index in [4.69, 9.17) is 0 Å². The molecule has 2 aromatic heterocycles. The average molecular weight is 413 g/mol. The van der Waals surface area contributed by atoms with Crippen molar-refractivity contribution >= 4 is 40.0 Å². The minimum absolute atomic E-state index is 0.0122. The molecule has 1 amide bonds. The van der Waals surface area contributed by atoms with Gasteiger partial charge >= 0.3 is 0 Å². The molecule has 4 rings (SSSR count). The normalized spacial score (nSPS) is 11.5. The lowest BCUT2D eigenvalue weighted by atomic mass is 10.2. The summed E-state index contributed by atoms with van der Waals surface area (Å²) in [5.41, 5.74) is 2.14. The molecule has 148 valence electrons. The number of nitrogens with zero attached hydrogens (tertiary/aromatic N) is 4. The molecule has 29 heavy (non-hydrogen) atoms. The highest BCUT2D eigenvalue weighted by Gasteiger charge is 2.18. The first-order valence-electron chi connectivity index (χ1n) is 8.95. The third-order valence-corrected chi connectivity index (χ3v) is 5.24. The summed E-state index contributed by atoms with van der Waals surface area (Å²) < 4.78 is 28.7. The minimum atomic E-state index is -0.825. The molecule has 0 saturated heterocycles. The fourth-order valence-corrected chi connectivity index (χ4v) is 3.73. The Bertz CT molecular complexity index is 1220.